The Hall–Kier alpha value is -1.82. The van der Waals surface area contributed by atoms with Crippen molar-refractivity contribution in [1.29, 1.82) is 0 Å². The molecule has 0 aliphatic carbocycles. The van der Waals surface area contributed by atoms with Crippen molar-refractivity contribution in [1.82, 2.24) is 9.88 Å². The summed E-state index contributed by atoms with van der Waals surface area (Å²) in [5.41, 5.74) is 0.539. The molecule has 0 radical (unpaired) electrons. The molecule has 1 fully saturated rings. The van der Waals surface area contributed by atoms with Gasteiger partial charge in [0.25, 0.3) is 5.91 Å². The van der Waals surface area contributed by atoms with Gasteiger partial charge in [-0.15, -0.1) is 0 Å². The lowest BCUT2D eigenvalue weighted by atomic mass is 9.82. The van der Waals surface area contributed by atoms with Crippen LogP contribution >= 0.6 is 0 Å². The number of hydrogen-bond acceptors (Lipinski definition) is 5. The highest BCUT2D eigenvalue weighted by Gasteiger charge is 2.31. The molecular weight excluding hydrogens is 284 g/mol. The second-order valence-corrected chi connectivity index (χ2v) is 5.99. The highest BCUT2D eigenvalue weighted by molar-refractivity contribution is 5.96. The average molecular weight is 308 g/mol. The zero-order valence-electron chi connectivity index (χ0n) is 13.7. The Kier molecular flexibility index (Phi) is 5.24. The minimum absolute atomic E-state index is 0.0930. The summed E-state index contributed by atoms with van der Waals surface area (Å²) in [5, 5.41) is 0. The van der Waals surface area contributed by atoms with Crippen LogP contribution in [0.15, 0.2) is 12.1 Å². The lowest BCUT2D eigenvalue weighted by Crippen LogP contribution is -2.40. The van der Waals surface area contributed by atoms with E-state index in [9.17, 15) is 4.79 Å². The molecule has 1 amide bonds. The molecule has 2 heterocycles. The molecule has 6 nitrogen and oxygen atoms in total. The highest BCUT2D eigenvalue weighted by atomic mass is 16.5. The summed E-state index contributed by atoms with van der Waals surface area (Å²) in [6.07, 6.45) is 1.92. The number of methoxy groups -OCH3 is 2. The third-order valence-electron chi connectivity index (χ3n) is 4.13. The second kappa shape index (κ2) is 6.96. The van der Waals surface area contributed by atoms with E-state index in [1.165, 1.54) is 14.2 Å². The fourth-order valence-corrected chi connectivity index (χ4v) is 2.73. The zero-order valence-corrected chi connectivity index (χ0v) is 13.7. The van der Waals surface area contributed by atoms with E-state index in [0.29, 0.717) is 18.0 Å². The molecule has 6 heteroatoms. The third kappa shape index (κ3) is 3.68. The molecule has 1 aliphatic rings. The predicted octanol–water partition coefficient (Wildman–Crippen LogP) is 1.99. The van der Waals surface area contributed by atoms with Gasteiger partial charge >= 0.3 is 0 Å². The van der Waals surface area contributed by atoms with Crippen molar-refractivity contribution in [2.75, 3.05) is 41.0 Å². The first-order chi connectivity index (χ1) is 10.5. The first-order valence-corrected chi connectivity index (χ1v) is 7.41. The minimum atomic E-state index is -0.0975. The number of rotatable bonds is 5. The predicted molar refractivity (Wildman–Crippen MR) is 82.5 cm³/mol. The molecule has 122 valence electrons. The van der Waals surface area contributed by atoms with Crippen LogP contribution in [0.2, 0.25) is 0 Å². The highest BCUT2D eigenvalue weighted by Crippen LogP contribution is 2.31. The number of pyridine rings is 1. The molecule has 1 aliphatic heterocycles. The van der Waals surface area contributed by atoms with Crippen molar-refractivity contribution >= 4 is 5.91 Å². The zero-order chi connectivity index (χ0) is 16.2. The summed E-state index contributed by atoms with van der Waals surface area (Å²) in [4.78, 5) is 18.6. The molecule has 0 spiro atoms. The Morgan fingerprint density at radius 1 is 1.32 bits per heavy atom. The maximum atomic E-state index is 12.7. The molecule has 1 aromatic rings. The van der Waals surface area contributed by atoms with Gasteiger partial charge in [0.1, 0.15) is 5.56 Å². The fourth-order valence-electron chi connectivity index (χ4n) is 2.73. The molecule has 0 aromatic carbocycles. The smallest absolute Gasteiger partial charge is 0.259 e. The summed E-state index contributed by atoms with van der Waals surface area (Å²) in [7, 11) is 4.84. The molecule has 0 atom stereocenters. The van der Waals surface area contributed by atoms with Crippen molar-refractivity contribution < 1.29 is 19.0 Å². The topological polar surface area (TPSA) is 60.9 Å². The van der Waals surface area contributed by atoms with Gasteiger partial charge in [-0.25, -0.2) is 0 Å². The van der Waals surface area contributed by atoms with Gasteiger partial charge in [0.05, 0.1) is 14.2 Å². The Labute approximate surface area is 131 Å². The van der Waals surface area contributed by atoms with Crippen LogP contribution in [0.5, 0.6) is 11.8 Å². The van der Waals surface area contributed by atoms with Gasteiger partial charge in [-0.2, -0.15) is 4.98 Å². The fraction of sp³-hybridized carbons (Fsp3) is 0.625. The molecule has 0 N–H and O–H groups in total. The van der Waals surface area contributed by atoms with Crippen LogP contribution in [-0.2, 0) is 4.74 Å². The van der Waals surface area contributed by atoms with E-state index in [-0.39, 0.29) is 17.2 Å². The Morgan fingerprint density at radius 3 is 2.59 bits per heavy atom. The van der Waals surface area contributed by atoms with Crippen molar-refractivity contribution in [3.8, 4) is 11.8 Å². The number of nitrogens with zero attached hydrogens (tertiary/aromatic N) is 2. The van der Waals surface area contributed by atoms with Gasteiger partial charge in [-0.05, 0) is 24.3 Å². The van der Waals surface area contributed by atoms with E-state index in [0.717, 1.165) is 26.1 Å². The number of hydrogen-bond donors (Lipinski definition) is 0. The average Bonchev–Trinajstić information content (AvgIpc) is 2.53. The van der Waals surface area contributed by atoms with Crippen molar-refractivity contribution in [2.45, 2.75) is 19.8 Å². The second-order valence-electron chi connectivity index (χ2n) is 5.99. The number of carbonyl (C=O) groups is 1. The van der Waals surface area contributed by atoms with Crippen LogP contribution in [0.25, 0.3) is 0 Å². The van der Waals surface area contributed by atoms with Gasteiger partial charge in [0.15, 0.2) is 0 Å². The van der Waals surface area contributed by atoms with E-state index in [1.807, 2.05) is 7.05 Å². The molecule has 22 heavy (non-hydrogen) atoms. The largest absolute Gasteiger partial charge is 0.481 e. The quantitative estimate of drug-likeness (QED) is 0.832. The summed E-state index contributed by atoms with van der Waals surface area (Å²) in [6, 6.07) is 3.36. The summed E-state index contributed by atoms with van der Waals surface area (Å²) in [5.74, 6) is 0.612. The van der Waals surface area contributed by atoms with Crippen molar-refractivity contribution in [2.24, 2.45) is 5.41 Å². The molecule has 1 aromatic heterocycles. The summed E-state index contributed by atoms with van der Waals surface area (Å²) in [6.45, 7) is 4.39. The van der Waals surface area contributed by atoms with Crippen molar-refractivity contribution in [3.05, 3.63) is 17.7 Å². The van der Waals surface area contributed by atoms with Crippen LogP contribution in [0.4, 0.5) is 0 Å². The normalized spacial score (nSPS) is 16.9. The van der Waals surface area contributed by atoms with Gasteiger partial charge in [-0.3, -0.25) is 4.79 Å². The van der Waals surface area contributed by atoms with Crippen LogP contribution in [0, 0.1) is 5.41 Å². The maximum Gasteiger partial charge on any atom is 0.259 e. The standard InChI is InChI=1S/C16H24N2O4/c1-16(7-9-22-10-8-16)11-18(2)15(19)12-5-6-13(20-3)17-14(12)21-4/h5-6H,7-11H2,1-4H3. The molecular formula is C16H24N2O4. The van der Waals surface area contributed by atoms with Gasteiger partial charge in [0, 0.05) is 32.9 Å². The Morgan fingerprint density at radius 2 is 2.00 bits per heavy atom. The van der Waals surface area contributed by atoms with Gasteiger partial charge in [0.2, 0.25) is 11.8 Å². The van der Waals surface area contributed by atoms with Crippen LogP contribution in [0.3, 0.4) is 0 Å². The number of aromatic nitrogens is 1. The lowest BCUT2D eigenvalue weighted by molar-refractivity contribution is 0.00909. The molecule has 0 unspecified atom stereocenters. The van der Waals surface area contributed by atoms with Crippen LogP contribution < -0.4 is 9.47 Å². The minimum Gasteiger partial charge on any atom is -0.481 e. The lowest BCUT2D eigenvalue weighted by Gasteiger charge is -2.36. The first-order valence-electron chi connectivity index (χ1n) is 7.41. The number of ether oxygens (including phenoxy) is 3. The summed E-state index contributed by atoms with van der Waals surface area (Å²) >= 11 is 0. The van der Waals surface area contributed by atoms with E-state index in [2.05, 4.69) is 11.9 Å². The first kappa shape index (κ1) is 16.5. The van der Waals surface area contributed by atoms with E-state index in [4.69, 9.17) is 14.2 Å². The SMILES string of the molecule is COc1ccc(C(=O)N(C)CC2(C)CCOCC2)c(OC)n1. The Balaban J connectivity index is 2.13. The van der Waals surface area contributed by atoms with Gasteiger partial charge in [-0.1, -0.05) is 6.92 Å². The molecule has 0 saturated carbocycles. The van der Waals surface area contributed by atoms with E-state index < -0.39 is 0 Å². The van der Waals surface area contributed by atoms with Gasteiger partial charge < -0.3 is 19.1 Å². The summed E-state index contributed by atoms with van der Waals surface area (Å²) < 4.78 is 15.7. The van der Waals surface area contributed by atoms with Crippen LogP contribution in [0.1, 0.15) is 30.1 Å². The molecule has 2 rings (SSSR count). The Bertz CT molecular complexity index is 527. The molecule has 1 saturated heterocycles. The van der Waals surface area contributed by atoms with E-state index >= 15 is 0 Å². The van der Waals surface area contributed by atoms with Crippen molar-refractivity contribution in [3.63, 3.8) is 0 Å². The third-order valence-corrected chi connectivity index (χ3v) is 4.13. The molecule has 0 bridgehead atoms. The van der Waals surface area contributed by atoms with E-state index in [1.54, 1.807) is 17.0 Å². The monoisotopic (exact) mass is 308 g/mol. The maximum absolute atomic E-state index is 12.7. The van der Waals surface area contributed by atoms with Crippen LogP contribution in [-0.4, -0.2) is 56.8 Å². The number of carbonyl (C=O) groups excluding carboxylic acids is 1. The number of amides is 1.